The van der Waals surface area contributed by atoms with Crippen LogP contribution < -0.4 is 10.4 Å². The number of alkyl halides is 12. The van der Waals surface area contributed by atoms with E-state index in [1.54, 1.807) is 24.3 Å². The minimum atomic E-state index is -5.39. The molecular formula is C40H16F12N4. The molecule has 0 unspecified atom stereocenters. The summed E-state index contributed by atoms with van der Waals surface area (Å²) in [6.45, 7) is 0. The Bertz CT molecular complexity index is 2440. The first-order chi connectivity index (χ1) is 26.1. The summed E-state index contributed by atoms with van der Waals surface area (Å²) in [5, 5.41) is 38.7. The first-order valence-corrected chi connectivity index (χ1v) is 15.4. The second-order valence-electron chi connectivity index (χ2n) is 11.9. The minimum absolute atomic E-state index is 0.0859. The van der Waals surface area contributed by atoms with Gasteiger partial charge in [-0.3, -0.25) is 0 Å². The fourth-order valence-electron chi connectivity index (χ4n) is 5.76. The molecule has 0 saturated carbocycles. The Balaban J connectivity index is 2.17. The lowest BCUT2D eigenvalue weighted by Crippen LogP contribution is -2.22. The molecule has 0 heterocycles. The van der Waals surface area contributed by atoms with E-state index in [2.05, 4.69) is 0 Å². The maximum absolute atomic E-state index is 14.1. The molecule has 0 aliphatic rings. The van der Waals surface area contributed by atoms with Gasteiger partial charge in [-0.1, -0.05) is 24.3 Å². The molecule has 0 aromatic heterocycles. The van der Waals surface area contributed by atoms with Crippen LogP contribution in [0, 0.1) is 45.3 Å². The van der Waals surface area contributed by atoms with Crippen LogP contribution in [-0.2, 0) is 24.7 Å². The van der Waals surface area contributed by atoms with E-state index in [0.717, 1.165) is 24.3 Å². The molecule has 56 heavy (non-hydrogen) atoms. The van der Waals surface area contributed by atoms with Crippen molar-refractivity contribution in [2.75, 3.05) is 0 Å². The van der Waals surface area contributed by atoms with E-state index in [-0.39, 0.29) is 58.7 Å². The minimum Gasteiger partial charge on any atom is -0.192 e. The molecule has 0 fully saturated rings. The fraction of sp³-hybridized carbons (Fsp3) is 0.100. The highest BCUT2D eigenvalue weighted by molar-refractivity contribution is 5.87. The molecule has 4 nitrogen and oxygen atoms in total. The lowest BCUT2D eigenvalue weighted by atomic mass is 9.87. The van der Waals surface area contributed by atoms with Crippen LogP contribution in [0.4, 0.5) is 52.7 Å². The van der Waals surface area contributed by atoms with E-state index in [0.29, 0.717) is 0 Å². The maximum atomic E-state index is 14.1. The third-order valence-corrected chi connectivity index (χ3v) is 8.28. The smallest absolute Gasteiger partial charge is 0.192 e. The zero-order chi connectivity index (χ0) is 41.4. The topological polar surface area (TPSA) is 95.2 Å². The molecule has 0 aliphatic heterocycles. The summed E-state index contributed by atoms with van der Waals surface area (Å²) >= 11 is 0. The van der Waals surface area contributed by atoms with E-state index >= 15 is 0 Å². The highest BCUT2D eigenvalue weighted by Gasteiger charge is 2.39. The molecule has 0 atom stereocenters. The number of hydrogen-bond acceptors (Lipinski definition) is 4. The second kappa shape index (κ2) is 14.7. The van der Waals surface area contributed by atoms with Crippen molar-refractivity contribution in [3.63, 3.8) is 0 Å². The monoisotopic (exact) mass is 780 g/mol. The number of halogens is 12. The zero-order valence-electron chi connectivity index (χ0n) is 27.6. The van der Waals surface area contributed by atoms with Crippen LogP contribution in [0.2, 0.25) is 0 Å². The summed E-state index contributed by atoms with van der Waals surface area (Å²) in [6, 6.07) is 19.1. The van der Waals surface area contributed by atoms with Gasteiger partial charge < -0.3 is 0 Å². The molecular weight excluding hydrogens is 764 g/mol. The van der Waals surface area contributed by atoms with E-state index < -0.39 is 90.8 Å². The maximum Gasteiger partial charge on any atom is 0.416 e. The quantitative estimate of drug-likeness (QED) is 0.170. The van der Waals surface area contributed by atoms with Crippen molar-refractivity contribution < 1.29 is 52.7 Å². The van der Waals surface area contributed by atoms with Gasteiger partial charge in [0.25, 0.3) is 0 Å². The Labute approximate surface area is 307 Å². The second-order valence-corrected chi connectivity index (χ2v) is 11.9. The Morgan fingerprint density at radius 1 is 0.393 bits per heavy atom. The van der Waals surface area contributed by atoms with Crippen LogP contribution in [-0.4, -0.2) is 0 Å². The molecule has 0 radical (unpaired) electrons. The van der Waals surface area contributed by atoms with E-state index in [9.17, 15) is 73.7 Å². The van der Waals surface area contributed by atoms with Crippen LogP contribution >= 0.6 is 0 Å². The van der Waals surface area contributed by atoms with Crippen molar-refractivity contribution in [2.24, 2.45) is 0 Å². The van der Waals surface area contributed by atoms with Crippen LogP contribution in [0.25, 0.3) is 33.4 Å². The molecule has 16 heteroatoms. The van der Waals surface area contributed by atoms with Gasteiger partial charge in [0.2, 0.25) is 0 Å². The summed E-state index contributed by atoms with van der Waals surface area (Å²) in [5.41, 5.74) is -12.0. The largest absolute Gasteiger partial charge is 0.416 e. The highest BCUT2D eigenvalue weighted by atomic mass is 19.4. The zero-order valence-corrected chi connectivity index (χ0v) is 27.6. The molecule has 0 aliphatic carbocycles. The Kier molecular flexibility index (Phi) is 10.5. The van der Waals surface area contributed by atoms with Gasteiger partial charge in [0.1, 0.15) is 12.1 Å². The molecule has 0 N–H and O–H groups in total. The molecule has 0 bridgehead atoms. The average Bonchev–Trinajstić information content (AvgIpc) is 3.14. The number of rotatable bonds is 4. The van der Waals surface area contributed by atoms with Crippen molar-refractivity contribution in [1.82, 2.24) is 0 Å². The molecule has 280 valence electrons. The third kappa shape index (κ3) is 8.36. The van der Waals surface area contributed by atoms with Crippen LogP contribution in [0.5, 0.6) is 0 Å². The van der Waals surface area contributed by atoms with Gasteiger partial charge in [0.05, 0.1) is 56.7 Å². The summed E-state index contributed by atoms with van der Waals surface area (Å²) < 4.78 is 169. The molecule has 0 amide bonds. The number of hydrogen-bond donors (Lipinski definition) is 0. The summed E-state index contributed by atoms with van der Waals surface area (Å²) in [4.78, 5) is 0. The van der Waals surface area contributed by atoms with Crippen LogP contribution in [0.15, 0.2) is 97.1 Å². The fourth-order valence-corrected chi connectivity index (χ4v) is 5.76. The lowest BCUT2D eigenvalue weighted by molar-refractivity contribution is -0.144. The van der Waals surface area contributed by atoms with Gasteiger partial charge in [-0.15, -0.1) is 0 Å². The molecule has 0 spiro atoms. The first-order valence-electron chi connectivity index (χ1n) is 15.4. The third-order valence-electron chi connectivity index (χ3n) is 8.28. The Morgan fingerprint density at radius 3 is 0.946 bits per heavy atom. The summed E-state index contributed by atoms with van der Waals surface area (Å²) in [5.74, 6) is 0. The number of nitrogens with zero attached hydrogens (tertiary/aromatic N) is 4. The SMILES string of the molecule is N#C/C(c1cccc(C#N)c1)=c1/cc(-c2cc(C(F)(F)F)cc(C(F)(F)F)c2)/c(=C(\C#N)c2cccc(C#N)c2)cc1-c1cc(C(F)(F)F)cc(C(F)(F)F)c1. The van der Waals surface area contributed by atoms with Gasteiger partial charge in [-0.2, -0.15) is 73.7 Å². The molecule has 5 aromatic rings. The van der Waals surface area contributed by atoms with E-state index in [4.69, 9.17) is 0 Å². The van der Waals surface area contributed by atoms with Gasteiger partial charge in [0, 0.05) is 10.4 Å². The predicted molar refractivity (Wildman–Crippen MR) is 175 cm³/mol. The first kappa shape index (κ1) is 40.2. The normalized spacial score (nSPS) is 13.1. The van der Waals surface area contributed by atoms with Crippen LogP contribution in [0.1, 0.15) is 44.5 Å². The van der Waals surface area contributed by atoms with Crippen molar-refractivity contribution in [3.8, 4) is 46.5 Å². The Morgan fingerprint density at radius 2 is 0.696 bits per heavy atom. The van der Waals surface area contributed by atoms with Crippen LogP contribution in [0.3, 0.4) is 0 Å². The van der Waals surface area contributed by atoms with Crippen molar-refractivity contribution in [2.45, 2.75) is 24.7 Å². The summed E-state index contributed by atoms with van der Waals surface area (Å²) in [7, 11) is 0. The highest BCUT2D eigenvalue weighted by Crippen LogP contribution is 2.40. The van der Waals surface area contributed by atoms with Gasteiger partial charge in [-0.25, -0.2) is 0 Å². The number of benzene rings is 5. The van der Waals surface area contributed by atoms with Crippen molar-refractivity contribution >= 4 is 11.1 Å². The Hall–Kier alpha value is -7.04. The lowest BCUT2D eigenvalue weighted by Gasteiger charge is -2.18. The van der Waals surface area contributed by atoms with E-state index in [1.807, 2.05) is 0 Å². The standard InChI is InChI=1S/C40H16F12N4/c41-37(42,43)27-9-25(10-28(13-27)38(44,45)46)31-16-34(36(20-56)24-6-2-4-22(8-24)18-54)32(15-33(31)35(19-55)23-5-1-3-21(7-23)17-53)26-11-29(39(47,48)49)14-30(12-26)40(50,51)52/h1-16H/b35-33+,36-34+. The van der Waals surface area contributed by atoms with Gasteiger partial charge >= 0.3 is 24.7 Å². The average molecular weight is 781 g/mol. The van der Waals surface area contributed by atoms with Gasteiger partial charge in [-0.05, 0) is 106 Å². The number of nitriles is 4. The van der Waals surface area contributed by atoms with Gasteiger partial charge in [0.15, 0.2) is 0 Å². The summed E-state index contributed by atoms with van der Waals surface area (Å²) in [6.07, 6.45) is -21.6. The molecule has 5 rings (SSSR count). The predicted octanol–water partition coefficient (Wildman–Crippen LogP) is 10.3. The molecule has 0 saturated heterocycles. The van der Waals surface area contributed by atoms with E-state index in [1.165, 1.54) is 36.4 Å². The molecule has 5 aromatic carbocycles. The van der Waals surface area contributed by atoms with Crippen molar-refractivity contribution in [1.29, 1.82) is 21.0 Å². The van der Waals surface area contributed by atoms with Crippen molar-refractivity contribution in [3.05, 3.63) is 152 Å².